The van der Waals surface area contributed by atoms with Gasteiger partial charge in [0.1, 0.15) is 0 Å². The number of aromatic nitrogens is 1. The molecule has 30 heavy (non-hydrogen) atoms. The molecule has 0 bridgehead atoms. The lowest BCUT2D eigenvalue weighted by molar-refractivity contribution is 0.102. The third-order valence-electron chi connectivity index (χ3n) is 4.43. The summed E-state index contributed by atoms with van der Waals surface area (Å²) < 4.78 is 26.4. The second kappa shape index (κ2) is 8.58. The smallest absolute Gasteiger partial charge is 0.319 e. The molecule has 1 aliphatic carbocycles. The molecule has 1 heterocycles. The summed E-state index contributed by atoms with van der Waals surface area (Å²) in [5, 5.41) is 8.63. The summed E-state index contributed by atoms with van der Waals surface area (Å²) in [6.45, 7) is 0. The monoisotopic (exact) mass is 428 g/mol. The first-order valence-corrected chi connectivity index (χ1v) is 10.2. The van der Waals surface area contributed by atoms with Crippen LogP contribution in [-0.2, 0) is 6.42 Å². The average molecular weight is 428 g/mol. The van der Waals surface area contributed by atoms with E-state index in [4.69, 9.17) is 0 Å². The van der Waals surface area contributed by atoms with Gasteiger partial charge in [-0.25, -0.2) is 18.6 Å². The van der Waals surface area contributed by atoms with Crippen molar-refractivity contribution in [3.63, 3.8) is 0 Å². The van der Waals surface area contributed by atoms with Crippen LogP contribution in [0.2, 0.25) is 0 Å². The third kappa shape index (κ3) is 5.18. The fraction of sp³-hybridized carbons (Fsp3) is 0.190. The van der Waals surface area contributed by atoms with Crippen LogP contribution in [-0.4, -0.2) is 23.0 Å². The molecule has 154 valence electrons. The van der Waals surface area contributed by atoms with Crippen molar-refractivity contribution in [2.24, 2.45) is 0 Å². The molecule has 3 aromatic rings. The second-order valence-corrected chi connectivity index (χ2v) is 8.08. The molecular weight excluding hydrogens is 410 g/mol. The maximum absolute atomic E-state index is 13.3. The summed E-state index contributed by atoms with van der Waals surface area (Å²) in [6.07, 6.45) is 3.94. The molecule has 0 unspecified atom stereocenters. The van der Waals surface area contributed by atoms with Gasteiger partial charge in [-0.1, -0.05) is 12.1 Å². The van der Waals surface area contributed by atoms with Crippen LogP contribution in [0.5, 0.6) is 0 Å². The fourth-order valence-electron chi connectivity index (χ4n) is 2.79. The summed E-state index contributed by atoms with van der Waals surface area (Å²) in [5.41, 5.74) is 1.49. The van der Waals surface area contributed by atoms with Crippen molar-refractivity contribution in [1.82, 2.24) is 10.3 Å². The minimum Gasteiger partial charge on any atom is -0.335 e. The summed E-state index contributed by atoms with van der Waals surface area (Å²) in [5.74, 6) is -2.16. The van der Waals surface area contributed by atoms with Gasteiger partial charge in [-0.15, -0.1) is 11.3 Å². The van der Waals surface area contributed by atoms with E-state index in [0.717, 1.165) is 29.9 Å². The molecule has 3 N–H and O–H groups in total. The van der Waals surface area contributed by atoms with Crippen LogP contribution < -0.4 is 16.0 Å². The van der Waals surface area contributed by atoms with E-state index in [-0.39, 0.29) is 18.0 Å². The van der Waals surface area contributed by atoms with Gasteiger partial charge in [-0.3, -0.25) is 10.1 Å². The highest BCUT2D eigenvalue weighted by Crippen LogP contribution is 2.23. The molecule has 6 nitrogen and oxygen atoms in total. The van der Waals surface area contributed by atoms with E-state index in [1.807, 2.05) is 0 Å². The number of rotatable bonds is 6. The fourth-order valence-corrected chi connectivity index (χ4v) is 3.63. The van der Waals surface area contributed by atoms with E-state index >= 15 is 0 Å². The first-order chi connectivity index (χ1) is 14.5. The van der Waals surface area contributed by atoms with Gasteiger partial charge in [-0.2, -0.15) is 0 Å². The molecule has 1 saturated carbocycles. The Labute approximate surface area is 175 Å². The highest BCUT2D eigenvalue weighted by atomic mass is 32.1. The third-order valence-corrected chi connectivity index (χ3v) is 5.34. The minimum absolute atomic E-state index is 0.238. The van der Waals surface area contributed by atoms with Gasteiger partial charge in [0, 0.05) is 34.8 Å². The molecule has 4 rings (SSSR count). The quantitative estimate of drug-likeness (QED) is 0.539. The second-order valence-electron chi connectivity index (χ2n) is 6.96. The minimum atomic E-state index is -0.898. The topological polar surface area (TPSA) is 83.1 Å². The number of anilines is 2. The Morgan fingerprint density at radius 3 is 2.67 bits per heavy atom. The van der Waals surface area contributed by atoms with Crippen LogP contribution in [0.25, 0.3) is 0 Å². The standard InChI is InChI=1S/C21H18F2N4O2S/c22-17-7-4-12(9-18(17)23)8-16-11-24-21(30-16)27-19(28)13-2-1-3-15(10-13)26-20(29)25-14-5-6-14/h1-4,7,9-11,14H,5-6,8H2,(H,24,27,28)(H2,25,26,29). The normalized spacial score (nSPS) is 13.0. The van der Waals surface area contributed by atoms with Crippen LogP contribution in [0.4, 0.5) is 24.4 Å². The number of urea groups is 1. The highest BCUT2D eigenvalue weighted by molar-refractivity contribution is 7.15. The van der Waals surface area contributed by atoms with E-state index in [9.17, 15) is 18.4 Å². The predicted molar refractivity (Wildman–Crippen MR) is 111 cm³/mol. The molecule has 0 spiro atoms. The molecule has 0 aliphatic heterocycles. The molecule has 1 fully saturated rings. The number of thiazole rings is 1. The Morgan fingerprint density at radius 2 is 1.90 bits per heavy atom. The number of halogens is 2. The number of nitrogens with one attached hydrogen (secondary N) is 3. The van der Waals surface area contributed by atoms with Crippen molar-refractivity contribution in [2.45, 2.75) is 25.3 Å². The SMILES string of the molecule is O=C(Nc1cccc(C(=O)Nc2ncc(Cc3ccc(F)c(F)c3)s2)c1)NC1CC1. The van der Waals surface area contributed by atoms with Gasteiger partial charge >= 0.3 is 6.03 Å². The van der Waals surface area contributed by atoms with Crippen LogP contribution in [0.15, 0.2) is 48.7 Å². The Kier molecular flexibility index (Phi) is 5.71. The zero-order valence-corrected chi connectivity index (χ0v) is 16.6. The van der Waals surface area contributed by atoms with E-state index in [2.05, 4.69) is 20.9 Å². The maximum Gasteiger partial charge on any atom is 0.319 e. The van der Waals surface area contributed by atoms with E-state index in [1.165, 1.54) is 17.4 Å². The zero-order chi connectivity index (χ0) is 21.1. The summed E-state index contributed by atoms with van der Waals surface area (Å²) in [6, 6.07) is 10.3. The van der Waals surface area contributed by atoms with Crippen molar-refractivity contribution in [2.75, 3.05) is 10.6 Å². The summed E-state index contributed by atoms with van der Waals surface area (Å²) in [4.78, 5) is 29.3. The number of hydrogen-bond acceptors (Lipinski definition) is 4. The van der Waals surface area contributed by atoms with Crippen molar-refractivity contribution >= 4 is 34.1 Å². The van der Waals surface area contributed by atoms with Crippen LogP contribution in [0.3, 0.4) is 0 Å². The number of carbonyl (C=O) groups is 2. The lowest BCUT2D eigenvalue weighted by Gasteiger charge is -2.08. The lowest BCUT2D eigenvalue weighted by atomic mass is 10.1. The van der Waals surface area contributed by atoms with Gasteiger partial charge < -0.3 is 10.6 Å². The number of nitrogens with zero attached hydrogens (tertiary/aromatic N) is 1. The highest BCUT2D eigenvalue weighted by Gasteiger charge is 2.23. The Bertz CT molecular complexity index is 1100. The molecule has 0 saturated heterocycles. The lowest BCUT2D eigenvalue weighted by Crippen LogP contribution is -2.30. The van der Waals surface area contributed by atoms with Crippen LogP contribution in [0, 0.1) is 11.6 Å². The Morgan fingerprint density at radius 1 is 1.07 bits per heavy atom. The van der Waals surface area contributed by atoms with Crippen molar-refractivity contribution in [3.05, 3.63) is 76.3 Å². The number of hydrogen-bond donors (Lipinski definition) is 3. The van der Waals surface area contributed by atoms with Crippen LogP contribution in [0.1, 0.15) is 33.6 Å². The number of carbonyl (C=O) groups excluding carboxylic acids is 2. The molecule has 3 amide bonds. The van der Waals surface area contributed by atoms with Gasteiger partial charge in [-0.05, 0) is 48.7 Å². The van der Waals surface area contributed by atoms with Gasteiger partial charge in [0.15, 0.2) is 16.8 Å². The summed E-state index contributed by atoms with van der Waals surface area (Å²) in [7, 11) is 0. The average Bonchev–Trinajstić information content (AvgIpc) is 3.42. The number of benzene rings is 2. The maximum atomic E-state index is 13.3. The predicted octanol–water partition coefficient (Wildman–Crippen LogP) is 4.55. The molecular formula is C21H18F2N4O2S. The largest absolute Gasteiger partial charge is 0.335 e. The summed E-state index contributed by atoms with van der Waals surface area (Å²) >= 11 is 1.25. The van der Waals surface area contributed by atoms with Crippen molar-refractivity contribution in [3.8, 4) is 0 Å². The first-order valence-electron chi connectivity index (χ1n) is 9.34. The van der Waals surface area contributed by atoms with Gasteiger partial charge in [0.05, 0.1) is 0 Å². The van der Waals surface area contributed by atoms with E-state index in [0.29, 0.717) is 28.4 Å². The van der Waals surface area contributed by atoms with E-state index < -0.39 is 11.6 Å². The molecule has 0 atom stereocenters. The molecule has 9 heteroatoms. The van der Waals surface area contributed by atoms with Gasteiger partial charge in [0.2, 0.25) is 0 Å². The molecule has 0 radical (unpaired) electrons. The Hall–Kier alpha value is -3.33. The van der Waals surface area contributed by atoms with Crippen molar-refractivity contribution in [1.29, 1.82) is 0 Å². The van der Waals surface area contributed by atoms with Crippen LogP contribution >= 0.6 is 11.3 Å². The van der Waals surface area contributed by atoms with E-state index in [1.54, 1.807) is 30.5 Å². The van der Waals surface area contributed by atoms with Crippen molar-refractivity contribution < 1.29 is 18.4 Å². The van der Waals surface area contributed by atoms with Gasteiger partial charge in [0.25, 0.3) is 5.91 Å². The first kappa shape index (κ1) is 20.0. The Balaban J connectivity index is 1.37. The molecule has 2 aromatic carbocycles. The molecule has 1 aromatic heterocycles. The zero-order valence-electron chi connectivity index (χ0n) is 15.7. The number of amides is 3. The molecule has 1 aliphatic rings.